The molecule has 0 saturated heterocycles. The van der Waals surface area contributed by atoms with Crippen LogP contribution >= 0.6 is 11.8 Å². The second-order valence-corrected chi connectivity index (χ2v) is 7.03. The molecule has 8 heteroatoms. The number of benzene rings is 1. The van der Waals surface area contributed by atoms with Crippen LogP contribution in [-0.4, -0.2) is 29.3 Å². The summed E-state index contributed by atoms with van der Waals surface area (Å²) in [7, 11) is 1.60. The predicted octanol–water partition coefficient (Wildman–Crippen LogP) is 2.26. The van der Waals surface area contributed by atoms with Gasteiger partial charge in [0, 0.05) is 11.8 Å². The lowest BCUT2D eigenvalue weighted by Crippen LogP contribution is -2.48. The monoisotopic (exact) mass is 356 g/mol. The summed E-state index contributed by atoms with van der Waals surface area (Å²) < 4.78 is 5.24. The van der Waals surface area contributed by atoms with Crippen molar-refractivity contribution in [2.75, 3.05) is 12.0 Å². The first-order chi connectivity index (χ1) is 12.0. The van der Waals surface area contributed by atoms with E-state index in [0.29, 0.717) is 0 Å². The standard InChI is InChI=1S/C17H16N4O3S/c1-8-7-9(24-2)3-4-10(8)21-11-5-6-19-16-12(11)13(20-17(21)23)14(25-16)15(18)22/h3-7,13-14H,1-2H3,(H2,18,22)(H,20,23). The smallest absolute Gasteiger partial charge is 0.327 e. The van der Waals surface area contributed by atoms with Gasteiger partial charge in [-0.1, -0.05) is 11.8 Å². The minimum atomic E-state index is -0.549. The highest BCUT2D eigenvalue weighted by atomic mass is 32.2. The summed E-state index contributed by atoms with van der Waals surface area (Å²) >= 11 is 1.29. The van der Waals surface area contributed by atoms with E-state index in [9.17, 15) is 9.59 Å². The number of amides is 3. The maximum atomic E-state index is 12.8. The summed E-state index contributed by atoms with van der Waals surface area (Å²) in [6, 6.07) is 6.56. The van der Waals surface area contributed by atoms with Crippen molar-refractivity contribution in [3.63, 3.8) is 0 Å². The first kappa shape index (κ1) is 15.8. The molecule has 2 atom stereocenters. The van der Waals surface area contributed by atoms with Crippen LogP contribution in [0, 0.1) is 6.92 Å². The predicted molar refractivity (Wildman–Crippen MR) is 94.2 cm³/mol. The molecule has 0 bridgehead atoms. The number of methoxy groups -OCH3 is 1. The molecule has 7 nitrogen and oxygen atoms in total. The largest absolute Gasteiger partial charge is 0.497 e. The van der Waals surface area contributed by atoms with Crippen LogP contribution in [0.3, 0.4) is 0 Å². The highest BCUT2D eigenvalue weighted by Crippen LogP contribution is 2.50. The van der Waals surface area contributed by atoms with Crippen LogP contribution in [-0.2, 0) is 4.79 Å². The summed E-state index contributed by atoms with van der Waals surface area (Å²) in [4.78, 5) is 30.5. The third-order valence-electron chi connectivity index (χ3n) is 4.43. The van der Waals surface area contributed by atoms with Gasteiger partial charge in [-0.3, -0.25) is 9.69 Å². The van der Waals surface area contributed by atoms with E-state index in [-0.39, 0.29) is 6.03 Å². The second-order valence-electron chi connectivity index (χ2n) is 5.90. The molecule has 0 radical (unpaired) electrons. The first-order valence-electron chi connectivity index (χ1n) is 7.71. The van der Waals surface area contributed by atoms with Crippen molar-refractivity contribution in [3.8, 4) is 5.75 Å². The summed E-state index contributed by atoms with van der Waals surface area (Å²) in [5.74, 6) is 0.258. The molecule has 1 aromatic carbocycles. The van der Waals surface area contributed by atoms with Crippen LogP contribution < -0.4 is 20.7 Å². The van der Waals surface area contributed by atoms with E-state index in [1.165, 1.54) is 11.8 Å². The molecular weight excluding hydrogens is 340 g/mol. The number of thioether (sulfide) groups is 1. The Bertz CT molecular complexity index is 901. The molecule has 4 rings (SSSR count). The van der Waals surface area contributed by atoms with Crippen LogP contribution in [0.2, 0.25) is 0 Å². The van der Waals surface area contributed by atoms with Crippen molar-refractivity contribution in [2.24, 2.45) is 5.73 Å². The van der Waals surface area contributed by atoms with E-state index in [1.807, 2.05) is 25.1 Å². The van der Waals surface area contributed by atoms with Crippen LogP contribution in [0.1, 0.15) is 17.2 Å². The van der Waals surface area contributed by atoms with Gasteiger partial charge in [-0.15, -0.1) is 0 Å². The highest BCUT2D eigenvalue weighted by Gasteiger charge is 2.46. The van der Waals surface area contributed by atoms with Gasteiger partial charge in [-0.05, 0) is 36.8 Å². The molecule has 3 heterocycles. The third-order valence-corrected chi connectivity index (χ3v) is 5.74. The average Bonchev–Trinajstić information content (AvgIpc) is 2.96. The molecule has 0 saturated carbocycles. The van der Waals surface area contributed by atoms with Gasteiger partial charge < -0.3 is 15.8 Å². The number of nitrogens with zero attached hydrogens (tertiary/aromatic N) is 2. The summed E-state index contributed by atoms with van der Waals surface area (Å²) in [6.07, 6.45) is 1.64. The van der Waals surface area contributed by atoms with Crippen LogP contribution in [0.25, 0.3) is 0 Å². The van der Waals surface area contributed by atoms with Crippen LogP contribution in [0.4, 0.5) is 16.2 Å². The number of rotatable bonds is 3. The van der Waals surface area contributed by atoms with Crippen LogP contribution in [0.5, 0.6) is 5.75 Å². The Hall–Kier alpha value is -2.74. The van der Waals surface area contributed by atoms with Gasteiger partial charge in [-0.25, -0.2) is 9.78 Å². The van der Waals surface area contributed by atoms with Gasteiger partial charge >= 0.3 is 6.03 Å². The number of nitrogens with two attached hydrogens (primary N) is 1. The Balaban J connectivity index is 1.86. The Kier molecular flexibility index (Phi) is 3.57. The maximum Gasteiger partial charge on any atom is 0.327 e. The van der Waals surface area contributed by atoms with E-state index in [4.69, 9.17) is 10.5 Å². The first-order valence-corrected chi connectivity index (χ1v) is 8.59. The zero-order chi connectivity index (χ0) is 17.7. The molecule has 3 N–H and O–H groups in total. The quantitative estimate of drug-likeness (QED) is 0.879. The lowest BCUT2D eigenvalue weighted by atomic mass is 9.99. The molecule has 2 aromatic rings. The number of carbonyl (C=O) groups is 2. The number of urea groups is 1. The van der Waals surface area contributed by atoms with E-state index in [0.717, 1.165) is 33.3 Å². The summed E-state index contributed by atoms with van der Waals surface area (Å²) in [5, 5.41) is 3.08. The fourth-order valence-corrected chi connectivity index (χ4v) is 4.46. The number of hydrogen-bond donors (Lipinski definition) is 2. The molecule has 2 aliphatic rings. The SMILES string of the molecule is COc1ccc(N2C(=O)NC3c4c2ccnc4SC3C(N)=O)c(C)c1. The number of pyridine rings is 1. The number of hydrogen-bond acceptors (Lipinski definition) is 5. The molecule has 25 heavy (non-hydrogen) atoms. The fraction of sp³-hybridized carbons (Fsp3) is 0.235. The van der Waals surface area contributed by atoms with Gasteiger partial charge in [0.2, 0.25) is 5.91 Å². The molecule has 2 aliphatic heterocycles. The number of anilines is 2. The van der Waals surface area contributed by atoms with E-state index < -0.39 is 17.2 Å². The molecule has 0 aliphatic carbocycles. The Labute approximate surface area is 148 Å². The normalized spacial score (nSPS) is 20.9. The van der Waals surface area contributed by atoms with Crippen LogP contribution in [0.15, 0.2) is 35.5 Å². The average molecular weight is 356 g/mol. The molecule has 0 spiro atoms. The Morgan fingerprint density at radius 1 is 1.36 bits per heavy atom. The van der Waals surface area contributed by atoms with Crippen molar-refractivity contribution in [1.29, 1.82) is 0 Å². The van der Waals surface area contributed by atoms with Crippen molar-refractivity contribution >= 4 is 35.1 Å². The minimum Gasteiger partial charge on any atom is -0.497 e. The Morgan fingerprint density at radius 2 is 2.16 bits per heavy atom. The summed E-state index contributed by atoms with van der Waals surface area (Å²) in [6.45, 7) is 1.92. The van der Waals surface area contributed by atoms with Crippen molar-refractivity contribution < 1.29 is 14.3 Å². The second kappa shape index (κ2) is 5.66. The molecule has 1 aromatic heterocycles. The maximum absolute atomic E-state index is 12.8. The lowest BCUT2D eigenvalue weighted by Gasteiger charge is -2.34. The number of aromatic nitrogens is 1. The van der Waals surface area contributed by atoms with Gasteiger partial charge in [-0.2, -0.15) is 0 Å². The van der Waals surface area contributed by atoms with Crippen molar-refractivity contribution in [1.82, 2.24) is 10.3 Å². The van der Waals surface area contributed by atoms with Crippen molar-refractivity contribution in [3.05, 3.63) is 41.6 Å². The number of primary amides is 1. The van der Waals surface area contributed by atoms with Gasteiger partial charge in [0.1, 0.15) is 16.0 Å². The van der Waals surface area contributed by atoms with E-state index in [2.05, 4.69) is 10.3 Å². The molecular formula is C17H16N4O3S. The zero-order valence-corrected chi connectivity index (χ0v) is 14.5. The molecule has 2 unspecified atom stereocenters. The van der Waals surface area contributed by atoms with E-state index in [1.54, 1.807) is 24.3 Å². The molecule has 128 valence electrons. The molecule has 0 fully saturated rings. The number of aryl methyl sites for hydroxylation is 1. The van der Waals surface area contributed by atoms with E-state index >= 15 is 0 Å². The third kappa shape index (κ3) is 2.32. The highest BCUT2D eigenvalue weighted by molar-refractivity contribution is 8.01. The Morgan fingerprint density at radius 3 is 2.84 bits per heavy atom. The lowest BCUT2D eigenvalue weighted by molar-refractivity contribution is -0.117. The number of carbonyl (C=O) groups excluding carboxylic acids is 2. The van der Waals surface area contributed by atoms with Gasteiger partial charge in [0.05, 0.1) is 24.5 Å². The zero-order valence-electron chi connectivity index (χ0n) is 13.6. The van der Waals surface area contributed by atoms with Crippen molar-refractivity contribution in [2.45, 2.75) is 23.2 Å². The summed E-state index contributed by atoms with van der Waals surface area (Å²) in [5.41, 5.74) is 8.71. The van der Waals surface area contributed by atoms with Gasteiger partial charge in [0.25, 0.3) is 0 Å². The number of ether oxygens (including phenoxy) is 1. The fourth-order valence-electron chi connectivity index (χ4n) is 3.29. The molecule has 3 amide bonds. The minimum absolute atomic E-state index is 0.295. The van der Waals surface area contributed by atoms with Gasteiger partial charge in [0.15, 0.2) is 0 Å². The topological polar surface area (TPSA) is 97.6 Å². The number of nitrogens with one attached hydrogen (secondary N) is 1.